The van der Waals surface area contributed by atoms with E-state index in [-0.39, 0.29) is 5.69 Å². The lowest BCUT2D eigenvalue weighted by atomic mass is 9.93. The van der Waals surface area contributed by atoms with E-state index in [0.29, 0.717) is 17.8 Å². The van der Waals surface area contributed by atoms with E-state index in [2.05, 4.69) is 0 Å². The van der Waals surface area contributed by atoms with Crippen LogP contribution < -0.4 is 4.90 Å². The molecule has 1 aliphatic rings. The molecule has 1 aromatic rings. The first-order valence-electron chi connectivity index (χ1n) is 6.16. The van der Waals surface area contributed by atoms with Gasteiger partial charge in [0.2, 0.25) is 0 Å². The van der Waals surface area contributed by atoms with Crippen molar-refractivity contribution in [3.05, 3.63) is 33.9 Å². The molecule has 0 bridgehead atoms. The predicted octanol–water partition coefficient (Wildman–Crippen LogP) is 3.20. The van der Waals surface area contributed by atoms with Gasteiger partial charge >= 0.3 is 6.09 Å². The fourth-order valence-electron chi connectivity index (χ4n) is 2.22. The van der Waals surface area contributed by atoms with Gasteiger partial charge in [-0.25, -0.2) is 4.79 Å². The summed E-state index contributed by atoms with van der Waals surface area (Å²) >= 11 is 0. The fraction of sp³-hybridized carbons (Fsp3) is 0.462. The SMILES string of the molecule is CCCN1C(=O)OC(C)(C)c2cc([N+](=O)[O-])ccc21. The Hall–Kier alpha value is -2.11. The van der Waals surface area contributed by atoms with Gasteiger partial charge in [0.05, 0.1) is 10.6 Å². The topological polar surface area (TPSA) is 72.7 Å². The van der Waals surface area contributed by atoms with Gasteiger partial charge in [0.15, 0.2) is 0 Å². The third-order valence-electron chi connectivity index (χ3n) is 3.14. The van der Waals surface area contributed by atoms with Gasteiger partial charge in [-0.1, -0.05) is 6.92 Å². The summed E-state index contributed by atoms with van der Waals surface area (Å²) in [5.41, 5.74) is 0.493. The molecule has 6 nitrogen and oxygen atoms in total. The summed E-state index contributed by atoms with van der Waals surface area (Å²) in [4.78, 5) is 23.9. The van der Waals surface area contributed by atoms with Crippen LogP contribution >= 0.6 is 0 Å². The third-order valence-corrected chi connectivity index (χ3v) is 3.14. The quantitative estimate of drug-likeness (QED) is 0.620. The number of non-ortho nitro benzene ring substituents is 1. The summed E-state index contributed by atoms with van der Waals surface area (Å²) in [6.45, 7) is 5.95. The zero-order valence-electron chi connectivity index (χ0n) is 11.2. The van der Waals surface area contributed by atoms with Crippen molar-refractivity contribution in [2.24, 2.45) is 0 Å². The van der Waals surface area contributed by atoms with Gasteiger partial charge in [0.1, 0.15) is 5.60 Å². The van der Waals surface area contributed by atoms with Crippen LogP contribution in [0.25, 0.3) is 0 Å². The Kier molecular flexibility index (Phi) is 3.18. The van der Waals surface area contributed by atoms with Crippen LogP contribution in [0.1, 0.15) is 32.8 Å². The molecule has 0 spiro atoms. The van der Waals surface area contributed by atoms with E-state index in [1.165, 1.54) is 17.0 Å². The van der Waals surface area contributed by atoms with Crippen molar-refractivity contribution in [2.75, 3.05) is 11.4 Å². The molecule has 19 heavy (non-hydrogen) atoms. The third kappa shape index (κ3) is 2.25. The molecule has 1 amide bonds. The van der Waals surface area contributed by atoms with Crippen molar-refractivity contribution in [1.82, 2.24) is 0 Å². The van der Waals surface area contributed by atoms with Crippen LogP contribution in [0.2, 0.25) is 0 Å². The minimum Gasteiger partial charge on any atom is -0.438 e. The van der Waals surface area contributed by atoms with Crippen LogP contribution in [0, 0.1) is 10.1 Å². The summed E-state index contributed by atoms with van der Waals surface area (Å²) in [6.07, 6.45) is 0.375. The van der Waals surface area contributed by atoms with E-state index in [1.54, 1.807) is 19.9 Å². The number of rotatable bonds is 3. The molecule has 0 radical (unpaired) electrons. The number of nitro benzene ring substituents is 1. The molecule has 1 aromatic carbocycles. The second-order valence-corrected chi connectivity index (χ2v) is 4.99. The van der Waals surface area contributed by atoms with Crippen LogP contribution in [0.4, 0.5) is 16.2 Å². The first kappa shape index (κ1) is 13.3. The van der Waals surface area contributed by atoms with Crippen LogP contribution in [-0.4, -0.2) is 17.6 Å². The van der Waals surface area contributed by atoms with E-state index in [0.717, 1.165) is 6.42 Å². The first-order chi connectivity index (χ1) is 8.86. The highest BCUT2D eigenvalue weighted by atomic mass is 16.6. The smallest absolute Gasteiger partial charge is 0.415 e. The number of cyclic esters (lactones) is 1. The molecule has 0 aromatic heterocycles. The number of nitro groups is 1. The number of carbonyl (C=O) groups is 1. The average molecular weight is 264 g/mol. The molecule has 0 unspecified atom stereocenters. The maximum atomic E-state index is 12.0. The number of hydrogen-bond acceptors (Lipinski definition) is 4. The number of nitrogens with zero attached hydrogens (tertiary/aromatic N) is 2. The summed E-state index contributed by atoms with van der Waals surface area (Å²) < 4.78 is 5.36. The van der Waals surface area contributed by atoms with Crippen molar-refractivity contribution in [1.29, 1.82) is 0 Å². The van der Waals surface area contributed by atoms with E-state index in [4.69, 9.17) is 4.74 Å². The van der Waals surface area contributed by atoms with Gasteiger partial charge in [-0.05, 0) is 26.3 Å². The van der Waals surface area contributed by atoms with Gasteiger partial charge in [0, 0.05) is 24.2 Å². The van der Waals surface area contributed by atoms with Gasteiger partial charge in [-0.2, -0.15) is 0 Å². The molecule has 0 saturated heterocycles. The molecule has 2 rings (SSSR count). The Bertz CT molecular complexity index is 539. The lowest BCUT2D eigenvalue weighted by molar-refractivity contribution is -0.385. The molecule has 0 atom stereocenters. The fourth-order valence-corrected chi connectivity index (χ4v) is 2.22. The van der Waals surface area contributed by atoms with Crippen LogP contribution in [0.15, 0.2) is 18.2 Å². The number of benzene rings is 1. The maximum absolute atomic E-state index is 12.0. The molecule has 0 fully saturated rings. The van der Waals surface area contributed by atoms with Gasteiger partial charge < -0.3 is 4.74 Å². The van der Waals surface area contributed by atoms with E-state index >= 15 is 0 Å². The molecule has 1 heterocycles. The molecular weight excluding hydrogens is 248 g/mol. The minimum absolute atomic E-state index is 0.00113. The standard InChI is InChI=1S/C13H16N2O4/c1-4-7-14-11-6-5-9(15(17)18)8-10(11)13(2,3)19-12(14)16/h5-6,8H,4,7H2,1-3H3. The molecule has 0 N–H and O–H groups in total. The van der Waals surface area contributed by atoms with E-state index in [1.807, 2.05) is 6.92 Å². The number of carbonyl (C=O) groups excluding carboxylic acids is 1. The van der Waals surface area contributed by atoms with Crippen molar-refractivity contribution in [3.63, 3.8) is 0 Å². The lowest BCUT2D eigenvalue weighted by Crippen LogP contribution is -2.43. The summed E-state index contributed by atoms with van der Waals surface area (Å²) in [5, 5.41) is 10.9. The highest BCUT2D eigenvalue weighted by Crippen LogP contribution is 2.40. The Morgan fingerprint density at radius 1 is 1.42 bits per heavy atom. The number of fused-ring (bicyclic) bond motifs is 1. The highest BCUT2D eigenvalue weighted by Gasteiger charge is 2.38. The van der Waals surface area contributed by atoms with E-state index < -0.39 is 16.6 Å². The molecule has 102 valence electrons. The molecule has 6 heteroatoms. The zero-order valence-corrected chi connectivity index (χ0v) is 11.2. The minimum atomic E-state index is -0.858. The largest absolute Gasteiger partial charge is 0.438 e. The Balaban J connectivity index is 2.57. The summed E-state index contributed by atoms with van der Waals surface area (Å²) in [7, 11) is 0. The molecular formula is C13H16N2O4. The average Bonchev–Trinajstić information content (AvgIpc) is 2.33. The number of amides is 1. The second-order valence-electron chi connectivity index (χ2n) is 4.99. The van der Waals surface area contributed by atoms with Crippen LogP contribution in [-0.2, 0) is 10.3 Å². The van der Waals surface area contributed by atoms with Crippen LogP contribution in [0.3, 0.4) is 0 Å². The zero-order chi connectivity index (χ0) is 14.2. The summed E-state index contributed by atoms with van der Waals surface area (Å²) in [5.74, 6) is 0. The summed E-state index contributed by atoms with van der Waals surface area (Å²) in [6, 6.07) is 4.51. The number of ether oxygens (including phenoxy) is 1. The monoisotopic (exact) mass is 264 g/mol. The molecule has 1 aliphatic heterocycles. The van der Waals surface area contributed by atoms with Crippen molar-refractivity contribution in [3.8, 4) is 0 Å². The Labute approximate surface area is 111 Å². The van der Waals surface area contributed by atoms with E-state index in [9.17, 15) is 14.9 Å². The molecule has 0 aliphatic carbocycles. The predicted molar refractivity (Wildman–Crippen MR) is 70.2 cm³/mol. The van der Waals surface area contributed by atoms with Gasteiger partial charge in [-0.3, -0.25) is 15.0 Å². The first-order valence-corrected chi connectivity index (χ1v) is 6.16. The highest BCUT2D eigenvalue weighted by molar-refractivity contribution is 5.91. The second kappa shape index (κ2) is 4.53. The maximum Gasteiger partial charge on any atom is 0.415 e. The van der Waals surface area contributed by atoms with Gasteiger partial charge in [-0.15, -0.1) is 0 Å². The van der Waals surface area contributed by atoms with Crippen molar-refractivity contribution in [2.45, 2.75) is 32.8 Å². The number of anilines is 1. The van der Waals surface area contributed by atoms with Crippen molar-refractivity contribution < 1.29 is 14.5 Å². The van der Waals surface area contributed by atoms with Crippen molar-refractivity contribution >= 4 is 17.5 Å². The normalized spacial score (nSPS) is 16.8. The lowest BCUT2D eigenvalue weighted by Gasteiger charge is -2.38. The Morgan fingerprint density at radius 3 is 2.68 bits per heavy atom. The Morgan fingerprint density at radius 2 is 2.11 bits per heavy atom. The van der Waals surface area contributed by atoms with Gasteiger partial charge in [0.25, 0.3) is 5.69 Å². The van der Waals surface area contributed by atoms with Crippen LogP contribution in [0.5, 0.6) is 0 Å². The molecule has 0 saturated carbocycles. The number of hydrogen-bond donors (Lipinski definition) is 0.